The van der Waals surface area contributed by atoms with Gasteiger partial charge in [0.05, 0.1) is 18.4 Å². The number of amides is 2. The van der Waals surface area contributed by atoms with E-state index in [1.807, 2.05) is 23.1 Å². The molecule has 242 valence electrons. The highest BCUT2D eigenvalue weighted by molar-refractivity contribution is 8.14. The Kier molecular flexibility index (Phi) is 10.2. The first kappa shape index (κ1) is 33.1. The first-order valence-electron chi connectivity index (χ1n) is 14.5. The minimum absolute atomic E-state index is 0.216. The SMILES string of the molecule is COc1ccc(C(C)C)c(N2CCCSC2=NC(=O)N/C=C(\C#N)c2ccc(-c3ncn(-c4ccc(OC(F)(F)F)cc4)n3)cc2)c1. The molecule has 1 N–H and O–H groups in total. The quantitative estimate of drug-likeness (QED) is 0.193. The molecular formula is C33H30F3N7O3S. The van der Waals surface area contributed by atoms with Crippen molar-refractivity contribution in [1.29, 1.82) is 5.26 Å². The number of hydrogen-bond acceptors (Lipinski definition) is 7. The molecule has 1 fully saturated rings. The molecule has 5 rings (SSSR count). The Bertz CT molecular complexity index is 1830. The third-order valence-corrected chi connectivity index (χ3v) is 8.14. The Morgan fingerprint density at radius 2 is 1.83 bits per heavy atom. The van der Waals surface area contributed by atoms with E-state index in [0.29, 0.717) is 40.1 Å². The number of amidine groups is 1. The van der Waals surface area contributed by atoms with Gasteiger partial charge in [0.1, 0.15) is 23.9 Å². The van der Waals surface area contributed by atoms with Crippen LogP contribution in [0.15, 0.2) is 84.2 Å². The van der Waals surface area contributed by atoms with Gasteiger partial charge in [0.25, 0.3) is 0 Å². The van der Waals surface area contributed by atoms with Gasteiger partial charge in [-0.05, 0) is 53.8 Å². The van der Waals surface area contributed by atoms with E-state index in [-0.39, 0.29) is 17.2 Å². The fourth-order valence-electron chi connectivity index (χ4n) is 4.80. The van der Waals surface area contributed by atoms with E-state index in [1.165, 1.54) is 53.2 Å². The molecule has 0 spiro atoms. The van der Waals surface area contributed by atoms with Crippen LogP contribution in [0, 0.1) is 11.3 Å². The summed E-state index contributed by atoms with van der Waals surface area (Å²) in [5.41, 5.74) is 3.96. The summed E-state index contributed by atoms with van der Waals surface area (Å²) in [6.07, 6.45) is -1.09. The maximum Gasteiger partial charge on any atom is 0.573 e. The number of nitrogens with one attached hydrogen (secondary N) is 1. The molecular weight excluding hydrogens is 631 g/mol. The van der Waals surface area contributed by atoms with Crippen molar-refractivity contribution < 1.29 is 27.4 Å². The average molecular weight is 662 g/mol. The Hall–Kier alpha value is -5.29. The Balaban J connectivity index is 1.28. The molecule has 0 bridgehead atoms. The summed E-state index contributed by atoms with van der Waals surface area (Å²) >= 11 is 1.50. The third kappa shape index (κ3) is 8.30. The molecule has 0 atom stereocenters. The zero-order chi connectivity index (χ0) is 33.6. The molecule has 1 aliphatic heterocycles. The monoisotopic (exact) mass is 661 g/mol. The van der Waals surface area contributed by atoms with Gasteiger partial charge in [-0.25, -0.2) is 14.5 Å². The second kappa shape index (κ2) is 14.4. The standard InChI is InChI=1S/C33H30F3N7O3S/c1-21(2)28-14-13-27(45-3)17-29(28)42-15-4-16-47-32(42)40-31(44)38-19-24(18-37)22-5-7-23(8-6-22)30-39-20-43(41-30)25-9-11-26(12-10-25)46-33(34,35)36/h5-14,17,19-21H,4,15-16H2,1-3H3,(H,38,44)/b24-19+,40-32?. The molecule has 1 aromatic heterocycles. The number of benzene rings is 3. The van der Waals surface area contributed by atoms with Crippen molar-refractivity contribution in [2.24, 2.45) is 4.99 Å². The van der Waals surface area contributed by atoms with Gasteiger partial charge in [0.15, 0.2) is 11.0 Å². The van der Waals surface area contributed by atoms with E-state index >= 15 is 0 Å². The predicted molar refractivity (Wildman–Crippen MR) is 175 cm³/mol. The smallest absolute Gasteiger partial charge is 0.497 e. The number of nitriles is 1. The number of nitrogens with zero attached hydrogens (tertiary/aromatic N) is 6. The highest BCUT2D eigenvalue weighted by Crippen LogP contribution is 2.35. The lowest BCUT2D eigenvalue weighted by atomic mass is 10.00. The number of aromatic nitrogens is 3. The van der Waals surface area contributed by atoms with Crippen LogP contribution in [-0.4, -0.2) is 51.7 Å². The van der Waals surface area contributed by atoms with Gasteiger partial charge < -0.3 is 19.7 Å². The lowest BCUT2D eigenvalue weighted by Gasteiger charge is -2.32. The van der Waals surface area contributed by atoms with Gasteiger partial charge >= 0.3 is 12.4 Å². The first-order valence-corrected chi connectivity index (χ1v) is 15.5. The zero-order valence-corrected chi connectivity index (χ0v) is 26.5. The third-order valence-electron chi connectivity index (χ3n) is 7.08. The number of methoxy groups -OCH3 is 1. The molecule has 2 amide bonds. The summed E-state index contributed by atoms with van der Waals surface area (Å²) in [5.74, 6) is 1.81. The number of aliphatic imine (C=N–C) groups is 1. The number of hydrogen-bond donors (Lipinski definition) is 1. The zero-order valence-electron chi connectivity index (χ0n) is 25.7. The van der Waals surface area contributed by atoms with Gasteiger partial charge in [-0.15, -0.1) is 18.3 Å². The molecule has 14 heteroatoms. The van der Waals surface area contributed by atoms with E-state index in [2.05, 4.69) is 45.0 Å². The van der Waals surface area contributed by atoms with Crippen LogP contribution in [0.3, 0.4) is 0 Å². The van der Waals surface area contributed by atoms with E-state index < -0.39 is 12.4 Å². The lowest BCUT2D eigenvalue weighted by molar-refractivity contribution is -0.274. The van der Waals surface area contributed by atoms with Gasteiger partial charge in [-0.3, -0.25) is 0 Å². The summed E-state index contributed by atoms with van der Waals surface area (Å²) in [6, 6.07) is 19.5. The van der Waals surface area contributed by atoms with Crippen LogP contribution < -0.4 is 19.7 Å². The van der Waals surface area contributed by atoms with Crippen LogP contribution in [-0.2, 0) is 0 Å². The lowest BCUT2D eigenvalue weighted by Crippen LogP contribution is -2.36. The largest absolute Gasteiger partial charge is 0.573 e. The average Bonchev–Trinajstić information content (AvgIpc) is 3.55. The van der Waals surface area contributed by atoms with E-state index in [0.717, 1.165) is 23.4 Å². The number of rotatable bonds is 8. The van der Waals surface area contributed by atoms with Gasteiger partial charge in [0.2, 0.25) is 0 Å². The molecule has 0 aliphatic carbocycles. The Labute approximate surface area is 273 Å². The molecule has 3 aromatic carbocycles. The number of carbonyl (C=O) groups excluding carboxylic acids is 1. The normalized spacial score (nSPS) is 14.6. The molecule has 0 saturated carbocycles. The molecule has 1 aliphatic rings. The fourth-order valence-corrected chi connectivity index (χ4v) is 5.75. The molecule has 0 unspecified atom stereocenters. The van der Waals surface area contributed by atoms with E-state index in [9.17, 15) is 23.2 Å². The van der Waals surface area contributed by atoms with Gasteiger partial charge in [-0.2, -0.15) is 10.3 Å². The molecule has 0 radical (unpaired) electrons. The van der Waals surface area contributed by atoms with E-state index in [1.54, 1.807) is 31.4 Å². The van der Waals surface area contributed by atoms with Crippen molar-refractivity contribution in [2.75, 3.05) is 24.3 Å². The van der Waals surface area contributed by atoms with Gasteiger partial charge in [0, 0.05) is 35.8 Å². The summed E-state index contributed by atoms with van der Waals surface area (Å²) in [5, 5.41) is 17.4. The van der Waals surface area contributed by atoms with Crippen LogP contribution in [0.2, 0.25) is 0 Å². The van der Waals surface area contributed by atoms with Gasteiger partial charge in [-0.1, -0.05) is 55.9 Å². The van der Waals surface area contributed by atoms with Crippen molar-refractivity contribution in [1.82, 2.24) is 20.1 Å². The molecule has 4 aromatic rings. The Morgan fingerprint density at radius 3 is 2.49 bits per heavy atom. The number of allylic oxidation sites excluding steroid dienone is 1. The van der Waals surface area contributed by atoms with Crippen molar-refractivity contribution in [3.63, 3.8) is 0 Å². The predicted octanol–water partition coefficient (Wildman–Crippen LogP) is 7.54. The maximum absolute atomic E-state index is 12.9. The number of anilines is 1. The summed E-state index contributed by atoms with van der Waals surface area (Å²) in [6.45, 7) is 4.92. The molecule has 1 saturated heterocycles. The maximum atomic E-state index is 12.9. The number of thioether (sulfide) groups is 1. The number of carbonyl (C=O) groups is 1. The van der Waals surface area contributed by atoms with Crippen LogP contribution in [0.5, 0.6) is 11.5 Å². The molecule has 2 heterocycles. The number of alkyl halides is 3. The highest BCUT2D eigenvalue weighted by Gasteiger charge is 2.31. The number of urea groups is 1. The van der Waals surface area contributed by atoms with Crippen LogP contribution in [0.25, 0.3) is 22.6 Å². The van der Waals surface area contributed by atoms with Crippen LogP contribution in [0.4, 0.5) is 23.7 Å². The van der Waals surface area contributed by atoms with Crippen LogP contribution in [0.1, 0.15) is 37.3 Å². The van der Waals surface area contributed by atoms with Crippen molar-refractivity contribution >= 4 is 34.2 Å². The topological polar surface area (TPSA) is 118 Å². The number of halogens is 3. The second-order valence-corrected chi connectivity index (χ2v) is 11.6. The van der Waals surface area contributed by atoms with Crippen LogP contribution >= 0.6 is 11.8 Å². The summed E-state index contributed by atoms with van der Waals surface area (Å²) < 4.78 is 48.1. The highest BCUT2D eigenvalue weighted by atomic mass is 32.2. The summed E-state index contributed by atoms with van der Waals surface area (Å²) in [4.78, 5) is 23.6. The van der Waals surface area contributed by atoms with Crippen molar-refractivity contribution in [3.8, 4) is 34.6 Å². The summed E-state index contributed by atoms with van der Waals surface area (Å²) in [7, 11) is 1.62. The minimum atomic E-state index is -4.78. The fraction of sp³-hybridized carbons (Fsp3) is 0.242. The minimum Gasteiger partial charge on any atom is -0.497 e. The van der Waals surface area contributed by atoms with E-state index in [4.69, 9.17) is 4.74 Å². The van der Waals surface area contributed by atoms with Crippen molar-refractivity contribution in [2.45, 2.75) is 32.5 Å². The Morgan fingerprint density at radius 1 is 1.11 bits per heavy atom. The molecule has 10 nitrogen and oxygen atoms in total. The molecule has 47 heavy (non-hydrogen) atoms. The van der Waals surface area contributed by atoms with Crippen molar-refractivity contribution in [3.05, 3.63) is 90.4 Å². The number of ether oxygens (including phenoxy) is 2. The second-order valence-electron chi connectivity index (χ2n) is 10.6. The first-order chi connectivity index (χ1) is 22.5.